The van der Waals surface area contributed by atoms with Gasteiger partial charge in [0.05, 0.1) is 12.0 Å². The van der Waals surface area contributed by atoms with Gasteiger partial charge in [0.15, 0.2) is 17.5 Å². The zero-order valence-electron chi connectivity index (χ0n) is 11.5. The Morgan fingerprint density at radius 3 is 2.60 bits per heavy atom. The lowest BCUT2D eigenvalue weighted by Gasteiger charge is -2.33. The van der Waals surface area contributed by atoms with E-state index in [1.54, 1.807) is 20.8 Å². The average Bonchev–Trinajstić information content (AvgIpc) is 2.37. The van der Waals surface area contributed by atoms with Crippen LogP contribution in [-0.4, -0.2) is 24.1 Å². The third kappa shape index (κ3) is 2.03. The van der Waals surface area contributed by atoms with Crippen LogP contribution in [0.2, 0.25) is 0 Å². The fraction of sp³-hybridized carbons (Fsp3) is 0.400. The third-order valence-electron chi connectivity index (χ3n) is 3.58. The Labute approximate surface area is 115 Å². The van der Waals surface area contributed by atoms with Crippen LogP contribution in [0.4, 0.5) is 4.39 Å². The molecule has 4 nitrogen and oxygen atoms in total. The molecule has 1 aliphatic rings. The smallest absolute Gasteiger partial charge is 0.324 e. The van der Waals surface area contributed by atoms with Crippen LogP contribution in [0.5, 0.6) is 0 Å². The molecular weight excluding hydrogens is 263 g/mol. The van der Waals surface area contributed by atoms with Gasteiger partial charge in [-0.05, 0) is 38.5 Å². The molecule has 0 amide bonds. The first-order chi connectivity index (χ1) is 9.30. The number of esters is 1. The number of ether oxygens (including phenoxy) is 1. The van der Waals surface area contributed by atoms with Gasteiger partial charge in [0.2, 0.25) is 0 Å². The maximum absolute atomic E-state index is 13.3. The average molecular weight is 278 g/mol. The van der Waals surface area contributed by atoms with Crippen LogP contribution in [0.3, 0.4) is 0 Å². The van der Waals surface area contributed by atoms with Crippen molar-refractivity contribution in [1.82, 2.24) is 0 Å². The van der Waals surface area contributed by atoms with Gasteiger partial charge in [0.1, 0.15) is 5.82 Å². The van der Waals surface area contributed by atoms with Crippen LogP contribution in [0.25, 0.3) is 0 Å². The Morgan fingerprint density at radius 2 is 2.00 bits per heavy atom. The first-order valence-corrected chi connectivity index (χ1v) is 6.36. The SMILES string of the molecule is CCOC(=O)C1C(=O)c2cc(F)ccc2C(C)(C)C1=O. The molecule has 1 aromatic rings. The van der Waals surface area contributed by atoms with Gasteiger partial charge in [-0.15, -0.1) is 0 Å². The molecular formula is C15H15FO4. The molecule has 0 bridgehead atoms. The van der Waals surface area contributed by atoms with Crippen LogP contribution in [0.15, 0.2) is 18.2 Å². The summed E-state index contributed by atoms with van der Waals surface area (Å²) in [6, 6.07) is 3.69. The number of fused-ring (bicyclic) bond motifs is 1. The molecule has 1 unspecified atom stereocenters. The van der Waals surface area contributed by atoms with Crippen LogP contribution in [0, 0.1) is 11.7 Å². The number of rotatable bonds is 2. The van der Waals surface area contributed by atoms with Crippen LogP contribution in [0.1, 0.15) is 36.7 Å². The molecule has 1 atom stereocenters. The predicted octanol–water partition coefficient (Wildman–Crippen LogP) is 2.05. The molecule has 1 aromatic carbocycles. The second-order valence-corrected chi connectivity index (χ2v) is 5.23. The minimum absolute atomic E-state index is 0.0757. The first kappa shape index (κ1) is 14.4. The molecule has 0 fully saturated rings. The topological polar surface area (TPSA) is 60.4 Å². The van der Waals surface area contributed by atoms with Crippen molar-refractivity contribution in [3.8, 4) is 0 Å². The summed E-state index contributed by atoms with van der Waals surface area (Å²) in [5.41, 5.74) is -0.518. The molecule has 20 heavy (non-hydrogen) atoms. The van der Waals surface area contributed by atoms with E-state index in [4.69, 9.17) is 4.74 Å². The second-order valence-electron chi connectivity index (χ2n) is 5.23. The lowest BCUT2D eigenvalue weighted by molar-refractivity contribution is -0.150. The highest BCUT2D eigenvalue weighted by molar-refractivity contribution is 6.27. The van der Waals surface area contributed by atoms with E-state index in [9.17, 15) is 18.8 Å². The maximum Gasteiger partial charge on any atom is 0.324 e. The normalized spacial score (nSPS) is 20.5. The van der Waals surface area contributed by atoms with Crippen LogP contribution < -0.4 is 0 Å². The summed E-state index contributed by atoms with van der Waals surface area (Å²) in [6.07, 6.45) is 0. The van der Waals surface area contributed by atoms with Crippen molar-refractivity contribution in [2.75, 3.05) is 6.61 Å². The van der Waals surface area contributed by atoms with Gasteiger partial charge >= 0.3 is 5.97 Å². The summed E-state index contributed by atoms with van der Waals surface area (Å²) in [7, 11) is 0. The summed E-state index contributed by atoms with van der Waals surface area (Å²) in [5.74, 6) is -4.16. The monoisotopic (exact) mass is 278 g/mol. The highest BCUT2D eigenvalue weighted by atomic mass is 19.1. The number of halogens is 1. The van der Waals surface area contributed by atoms with Gasteiger partial charge in [-0.25, -0.2) is 4.39 Å². The summed E-state index contributed by atoms with van der Waals surface area (Å²) >= 11 is 0. The summed E-state index contributed by atoms with van der Waals surface area (Å²) in [4.78, 5) is 36.5. The Kier molecular flexibility index (Phi) is 3.46. The summed E-state index contributed by atoms with van der Waals surface area (Å²) < 4.78 is 18.1. The van der Waals surface area contributed by atoms with Crippen molar-refractivity contribution in [3.05, 3.63) is 35.1 Å². The Morgan fingerprint density at radius 1 is 1.35 bits per heavy atom. The van der Waals surface area contributed by atoms with Crippen molar-refractivity contribution in [2.24, 2.45) is 5.92 Å². The minimum Gasteiger partial charge on any atom is -0.465 e. The zero-order chi connectivity index (χ0) is 15.1. The van der Waals surface area contributed by atoms with Crippen molar-refractivity contribution in [3.63, 3.8) is 0 Å². The van der Waals surface area contributed by atoms with Crippen molar-refractivity contribution >= 4 is 17.5 Å². The molecule has 1 aliphatic carbocycles. The predicted molar refractivity (Wildman–Crippen MR) is 68.9 cm³/mol. The van der Waals surface area contributed by atoms with Crippen molar-refractivity contribution < 1.29 is 23.5 Å². The van der Waals surface area contributed by atoms with Gasteiger partial charge in [0, 0.05) is 5.56 Å². The Bertz CT molecular complexity index is 604. The largest absolute Gasteiger partial charge is 0.465 e. The lowest BCUT2D eigenvalue weighted by atomic mass is 9.67. The molecule has 0 heterocycles. The number of ketones is 2. The first-order valence-electron chi connectivity index (χ1n) is 6.36. The third-order valence-corrected chi connectivity index (χ3v) is 3.58. The van der Waals surface area contributed by atoms with Crippen LogP contribution >= 0.6 is 0 Å². The number of Topliss-reactive ketones (excluding diaryl/α,β-unsaturated/α-hetero) is 2. The molecule has 0 radical (unpaired) electrons. The fourth-order valence-corrected chi connectivity index (χ4v) is 2.47. The zero-order valence-corrected chi connectivity index (χ0v) is 11.5. The lowest BCUT2D eigenvalue weighted by Crippen LogP contribution is -2.48. The molecule has 0 saturated carbocycles. The van der Waals surface area contributed by atoms with Crippen LogP contribution in [-0.2, 0) is 19.7 Å². The van der Waals surface area contributed by atoms with Crippen molar-refractivity contribution in [1.29, 1.82) is 0 Å². The highest BCUT2D eigenvalue weighted by Crippen LogP contribution is 2.37. The van der Waals surface area contributed by atoms with E-state index < -0.39 is 34.7 Å². The number of hydrogen-bond donors (Lipinski definition) is 0. The molecule has 106 valence electrons. The Hall–Kier alpha value is -2.04. The van der Waals surface area contributed by atoms with E-state index in [1.807, 2.05) is 0 Å². The van der Waals surface area contributed by atoms with E-state index in [1.165, 1.54) is 12.1 Å². The maximum atomic E-state index is 13.3. The summed E-state index contributed by atoms with van der Waals surface area (Å²) in [5, 5.41) is 0. The van der Waals surface area contributed by atoms with E-state index in [2.05, 4.69) is 0 Å². The quantitative estimate of drug-likeness (QED) is 0.613. The second kappa shape index (κ2) is 4.81. The molecule has 0 aromatic heterocycles. The number of benzene rings is 1. The molecule has 0 N–H and O–H groups in total. The van der Waals surface area contributed by atoms with Gasteiger partial charge in [0.25, 0.3) is 0 Å². The molecule has 5 heteroatoms. The highest BCUT2D eigenvalue weighted by Gasteiger charge is 2.50. The van der Waals surface area contributed by atoms with E-state index in [0.717, 1.165) is 6.07 Å². The summed E-state index contributed by atoms with van der Waals surface area (Å²) in [6.45, 7) is 4.90. The van der Waals surface area contributed by atoms with E-state index in [0.29, 0.717) is 5.56 Å². The van der Waals surface area contributed by atoms with Crippen molar-refractivity contribution in [2.45, 2.75) is 26.2 Å². The fourth-order valence-electron chi connectivity index (χ4n) is 2.47. The van der Waals surface area contributed by atoms with Gasteiger partial charge in [-0.2, -0.15) is 0 Å². The Balaban J connectivity index is 2.60. The molecule has 0 spiro atoms. The number of carbonyl (C=O) groups excluding carboxylic acids is 3. The standard InChI is InChI=1S/C15H15FO4/c1-4-20-14(19)11-12(17)9-7-8(16)5-6-10(9)15(2,3)13(11)18/h5-7,11H,4H2,1-3H3. The van der Waals surface area contributed by atoms with E-state index >= 15 is 0 Å². The minimum atomic E-state index is -1.50. The number of carbonyl (C=O) groups is 3. The molecule has 2 rings (SSSR count). The van der Waals surface area contributed by atoms with E-state index in [-0.39, 0.29) is 12.2 Å². The molecule has 0 aliphatic heterocycles. The number of hydrogen-bond acceptors (Lipinski definition) is 4. The van der Waals surface area contributed by atoms with Gasteiger partial charge < -0.3 is 4.74 Å². The van der Waals surface area contributed by atoms with Gasteiger partial charge in [-0.3, -0.25) is 14.4 Å². The van der Waals surface area contributed by atoms with Gasteiger partial charge in [-0.1, -0.05) is 6.07 Å². The molecule has 0 saturated heterocycles.